The Balaban J connectivity index is 1.76. The minimum absolute atomic E-state index is 0.225. The van der Waals surface area contributed by atoms with E-state index in [2.05, 4.69) is 15.6 Å². The van der Waals surface area contributed by atoms with E-state index in [-0.39, 0.29) is 11.8 Å². The van der Waals surface area contributed by atoms with Gasteiger partial charge in [-0.1, -0.05) is 30.3 Å². The molecule has 0 saturated carbocycles. The maximum absolute atomic E-state index is 13.6. The van der Waals surface area contributed by atoms with Gasteiger partial charge in [-0.15, -0.1) is 0 Å². The fourth-order valence-corrected chi connectivity index (χ4v) is 2.24. The Morgan fingerprint density at radius 1 is 1.21 bits per heavy atom. The van der Waals surface area contributed by atoms with Crippen LogP contribution in [0.25, 0.3) is 11.3 Å². The van der Waals surface area contributed by atoms with Crippen LogP contribution in [0.15, 0.2) is 59.1 Å². The van der Waals surface area contributed by atoms with E-state index in [0.29, 0.717) is 18.0 Å². The average Bonchev–Trinajstić information content (AvgIpc) is 3.04. The van der Waals surface area contributed by atoms with Crippen LogP contribution < -0.4 is 10.6 Å². The topological polar surface area (TPSA) is 70.3 Å². The first kappa shape index (κ1) is 16.2. The number of hydrogen-bond donors (Lipinski definition) is 3. The molecule has 3 rings (SSSR count). The highest BCUT2D eigenvalue weighted by atomic mass is 19.1. The smallest absolute Gasteiger partial charge is 0.299 e. The van der Waals surface area contributed by atoms with Gasteiger partial charge in [-0.2, -0.15) is 0 Å². The molecule has 0 spiro atoms. The Hall–Kier alpha value is -2.70. The molecule has 1 unspecified atom stereocenters. The van der Waals surface area contributed by atoms with Crippen LogP contribution in [0.4, 0.5) is 16.1 Å². The molecule has 5 nitrogen and oxygen atoms in total. The Morgan fingerprint density at radius 3 is 2.83 bits per heavy atom. The second kappa shape index (κ2) is 7.25. The lowest BCUT2D eigenvalue weighted by Crippen LogP contribution is -2.24. The first-order valence-electron chi connectivity index (χ1n) is 7.60. The lowest BCUT2D eigenvalue weighted by molar-refractivity contribution is 0.155. The fourth-order valence-electron chi connectivity index (χ4n) is 2.24. The molecule has 0 bridgehead atoms. The Morgan fingerprint density at radius 2 is 2.04 bits per heavy atom. The molecule has 124 valence electrons. The lowest BCUT2D eigenvalue weighted by Gasteiger charge is -2.08. The highest BCUT2D eigenvalue weighted by molar-refractivity contribution is 5.60. The normalized spacial score (nSPS) is 12.1. The number of benzene rings is 2. The first-order valence-corrected chi connectivity index (χ1v) is 7.60. The van der Waals surface area contributed by atoms with Crippen molar-refractivity contribution in [2.24, 2.45) is 0 Å². The molecule has 0 fully saturated rings. The second-order valence-electron chi connectivity index (χ2n) is 5.39. The van der Waals surface area contributed by atoms with Crippen LogP contribution in [0.1, 0.15) is 12.5 Å². The summed E-state index contributed by atoms with van der Waals surface area (Å²) in [6.45, 7) is 2.21. The van der Waals surface area contributed by atoms with Crippen molar-refractivity contribution in [1.82, 2.24) is 10.3 Å². The Kier molecular flexibility index (Phi) is 4.88. The van der Waals surface area contributed by atoms with Gasteiger partial charge in [-0.25, -0.2) is 9.37 Å². The molecular formula is C18H18FN3O2. The summed E-state index contributed by atoms with van der Waals surface area (Å²) < 4.78 is 19.3. The van der Waals surface area contributed by atoms with Crippen molar-refractivity contribution in [2.45, 2.75) is 19.7 Å². The Labute approximate surface area is 139 Å². The molecule has 3 aromatic rings. The molecule has 2 aromatic carbocycles. The summed E-state index contributed by atoms with van der Waals surface area (Å²) in [5.41, 5.74) is 2.17. The molecule has 1 heterocycles. The highest BCUT2D eigenvalue weighted by Gasteiger charge is 2.09. The molecule has 6 heteroatoms. The number of aliphatic hydroxyl groups excluding tert-OH is 1. The average molecular weight is 327 g/mol. The van der Waals surface area contributed by atoms with Crippen LogP contribution in [0, 0.1) is 5.82 Å². The van der Waals surface area contributed by atoms with E-state index >= 15 is 0 Å². The van der Waals surface area contributed by atoms with E-state index in [1.165, 1.54) is 6.07 Å². The number of aliphatic hydroxyl groups is 1. The summed E-state index contributed by atoms with van der Waals surface area (Å²) in [6.07, 6.45) is 1.01. The maximum atomic E-state index is 13.6. The third kappa shape index (κ3) is 3.98. The summed E-state index contributed by atoms with van der Waals surface area (Å²) in [5, 5.41) is 15.0. The first-order chi connectivity index (χ1) is 11.6. The van der Waals surface area contributed by atoms with Gasteiger partial charge in [-0.05, 0) is 30.7 Å². The zero-order chi connectivity index (χ0) is 16.9. The fraction of sp³-hybridized carbons (Fsp3) is 0.167. The number of aromatic nitrogens is 1. The SMILES string of the molecule is CC(O)NCc1cccc(-c2cnc(Nc3ccccc3F)o2)c1. The van der Waals surface area contributed by atoms with Crippen molar-refractivity contribution in [3.8, 4) is 11.3 Å². The molecule has 0 aliphatic rings. The zero-order valence-electron chi connectivity index (χ0n) is 13.2. The van der Waals surface area contributed by atoms with Gasteiger partial charge in [0.05, 0.1) is 11.9 Å². The summed E-state index contributed by atoms with van der Waals surface area (Å²) >= 11 is 0. The van der Waals surface area contributed by atoms with Gasteiger partial charge < -0.3 is 14.8 Å². The summed E-state index contributed by atoms with van der Waals surface area (Å²) in [5.74, 6) is 0.205. The van der Waals surface area contributed by atoms with Gasteiger partial charge in [0, 0.05) is 12.1 Å². The number of para-hydroxylation sites is 1. The van der Waals surface area contributed by atoms with E-state index in [9.17, 15) is 9.50 Å². The van der Waals surface area contributed by atoms with Gasteiger partial charge in [0.15, 0.2) is 5.76 Å². The van der Waals surface area contributed by atoms with Crippen LogP contribution in [0.5, 0.6) is 0 Å². The number of oxazole rings is 1. The standard InChI is InChI=1S/C18H18FN3O2/c1-12(23)20-10-13-5-4-6-14(9-13)17-11-21-18(24-17)22-16-8-3-2-7-15(16)19/h2-9,11-12,20,23H,10H2,1H3,(H,21,22). The number of nitrogens with zero attached hydrogens (tertiary/aromatic N) is 1. The monoisotopic (exact) mass is 327 g/mol. The van der Waals surface area contributed by atoms with Crippen LogP contribution in [0.3, 0.4) is 0 Å². The summed E-state index contributed by atoms with van der Waals surface area (Å²) in [6, 6.07) is 14.3. The van der Waals surface area contributed by atoms with E-state index in [1.807, 2.05) is 24.3 Å². The van der Waals surface area contributed by atoms with Crippen molar-refractivity contribution in [3.05, 3.63) is 66.1 Å². The molecule has 0 aliphatic carbocycles. The van der Waals surface area contributed by atoms with Crippen LogP contribution in [-0.4, -0.2) is 16.3 Å². The maximum Gasteiger partial charge on any atom is 0.299 e. The second-order valence-corrected chi connectivity index (χ2v) is 5.39. The van der Waals surface area contributed by atoms with Gasteiger partial charge in [-0.3, -0.25) is 5.32 Å². The molecule has 0 radical (unpaired) electrons. The van der Waals surface area contributed by atoms with Gasteiger partial charge in [0.1, 0.15) is 12.0 Å². The van der Waals surface area contributed by atoms with Crippen molar-refractivity contribution < 1.29 is 13.9 Å². The third-order valence-electron chi connectivity index (χ3n) is 3.43. The van der Waals surface area contributed by atoms with Crippen molar-refractivity contribution in [1.29, 1.82) is 0 Å². The van der Waals surface area contributed by atoms with Crippen molar-refractivity contribution in [3.63, 3.8) is 0 Å². The zero-order valence-corrected chi connectivity index (χ0v) is 13.2. The van der Waals surface area contributed by atoms with E-state index < -0.39 is 6.23 Å². The van der Waals surface area contributed by atoms with Gasteiger partial charge in [0.2, 0.25) is 0 Å². The molecule has 1 atom stereocenters. The number of hydrogen-bond acceptors (Lipinski definition) is 5. The molecule has 0 saturated heterocycles. The Bertz CT molecular complexity index is 817. The quantitative estimate of drug-likeness (QED) is 0.603. The number of rotatable bonds is 6. The molecule has 0 aliphatic heterocycles. The summed E-state index contributed by atoms with van der Waals surface area (Å²) in [4.78, 5) is 4.13. The number of halogens is 1. The van der Waals surface area contributed by atoms with Crippen molar-refractivity contribution in [2.75, 3.05) is 5.32 Å². The molecule has 3 N–H and O–H groups in total. The van der Waals surface area contributed by atoms with E-state index in [1.54, 1.807) is 31.3 Å². The molecule has 0 amide bonds. The van der Waals surface area contributed by atoms with Crippen LogP contribution in [-0.2, 0) is 6.54 Å². The summed E-state index contributed by atoms with van der Waals surface area (Å²) in [7, 11) is 0. The van der Waals surface area contributed by atoms with E-state index in [4.69, 9.17) is 4.42 Å². The van der Waals surface area contributed by atoms with Crippen molar-refractivity contribution >= 4 is 11.7 Å². The van der Waals surface area contributed by atoms with Crippen LogP contribution in [0.2, 0.25) is 0 Å². The third-order valence-corrected chi connectivity index (χ3v) is 3.43. The minimum atomic E-state index is -0.574. The molecule has 1 aromatic heterocycles. The predicted molar refractivity (Wildman–Crippen MR) is 90.1 cm³/mol. The lowest BCUT2D eigenvalue weighted by atomic mass is 10.1. The largest absolute Gasteiger partial charge is 0.423 e. The predicted octanol–water partition coefficient (Wildman–Crippen LogP) is 3.65. The minimum Gasteiger partial charge on any atom is -0.423 e. The molecule has 24 heavy (non-hydrogen) atoms. The van der Waals surface area contributed by atoms with Gasteiger partial charge in [0.25, 0.3) is 6.01 Å². The number of anilines is 2. The van der Waals surface area contributed by atoms with Crippen LogP contribution >= 0.6 is 0 Å². The molecular weight excluding hydrogens is 309 g/mol. The van der Waals surface area contributed by atoms with Gasteiger partial charge >= 0.3 is 0 Å². The number of nitrogens with one attached hydrogen (secondary N) is 2. The van der Waals surface area contributed by atoms with E-state index in [0.717, 1.165) is 11.1 Å². The highest BCUT2D eigenvalue weighted by Crippen LogP contribution is 2.26.